The van der Waals surface area contributed by atoms with Crippen LogP contribution in [0.4, 0.5) is 13.2 Å². The van der Waals surface area contributed by atoms with Crippen molar-refractivity contribution in [3.63, 3.8) is 0 Å². The number of carbonyl (C=O) groups excluding carboxylic acids is 2. The number of piperidine rings is 1. The van der Waals surface area contributed by atoms with Crippen LogP contribution in [0.2, 0.25) is 0 Å². The lowest BCUT2D eigenvalue weighted by molar-refractivity contribution is -0.138. The lowest BCUT2D eigenvalue weighted by Gasteiger charge is -2.22. The molecule has 0 spiro atoms. The molecule has 1 aliphatic heterocycles. The zero-order chi connectivity index (χ0) is 15.0. The van der Waals surface area contributed by atoms with Gasteiger partial charge in [-0.2, -0.15) is 13.2 Å². The first-order chi connectivity index (χ1) is 9.37. The predicted molar refractivity (Wildman–Crippen MR) is 74.2 cm³/mol. The molecule has 5 nitrogen and oxygen atoms in total. The van der Waals surface area contributed by atoms with Crippen LogP contribution in [0.15, 0.2) is 0 Å². The average Bonchev–Trinajstić information content (AvgIpc) is 2.41. The molecule has 1 rings (SSSR count). The summed E-state index contributed by atoms with van der Waals surface area (Å²) in [5.74, 6) is -0.635. The van der Waals surface area contributed by atoms with E-state index in [1.807, 2.05) is 0 Å². The summed E-state index contributed by atoms with van der Waals surface area (Å²) in [6, 6.07) is 0. The van der Waals surface area contributed by atoms with Crippen molar-refractivity contribution in [2.75, 3.05) is 26.2 Å². The van der Waals surface area contributed by atoms with E-state index in [1.165, 1.54) is 0 Å². The highest BCUT2D eigenvalue weighted by atomic mass is 35.5. The van der Waals surface area contributed by atoms with Gasteiger partial charge in [0.25, 0.3) is 0 Å². The molecule has 1 fully saturated rings. The number of carbonyl (C=O) groups is 2. The van der Waals surface area contributed by atoms with Gasteiger partial charge < -0.3 is 16.0 Å². The predicted octanol–water partition coefficient (Wildman–Crippen LogP) is 0.983. The molecule has 1 heterocycles. The summed E-state index contributed by atoms with van der Waals surface area (Å²) >= 11 is 0. The molecule has 124 valence electrons. The minimum Gasteiger partial charge on any atom is -0.347 e. The van der Waals surface area contributed by atoms with E-state index >= 15 is 0 Å². The van der Waals surface area contributed by atoms with E-state index in [0.29, 0.717) is 12.3 Å². The highest BCUT2D eigenvalue weighted by molar-refractivity contribution is 5.85. The van der Waals surface area contributed by atoms with Crippen LogP contribution in [0.3, 0.4) is 0 Å². The smallest absolute Gasteiger partial charge is 0.347 e. The van der Waals surface area contributed by atoms with Gasteiger partial charge in [-0.3, -0.25) is 9.59 Å². The minimum atomic E-state index is -4.44. The second kappa shape index (κ2) is 9.83. The molecule has 3 N–H and O–H groups in total. The lowest BCUT2D eigenvalue weighted by atomic mass is 9.93. The Labute approximate surface area is 127 Å². The van der Waals surface area contributed by atoms with E-state index in [-0.39, 0.29) is 18.3 Å². The second-order valence-corrected chi connectivity index (χ2v) is 4.90. The van der Waals surface area contributed by atoms with Gasteiger partial charge in [0.1, 0.15) is 6.54 Å². The van der Waals surface area contributed by atoms with Gasteiger partial charge in [-0.05, 0) is 38.3 Å². The van der Waals surface area contributed by atoms with E-state index < -0.39 is 25.2 Å². The largest absolute Gasteiger partial charge is 0.405 e. The van der Waals surface area contributed by atoms with Crippen LogP contribution in [0, 0.1) is 5.92 Å². The van der Waals surface area contributed by atoms with Gasteiger partial charge in [0.15, 0.2) is 0 Å². The Morgan fingerprint density at radius 2 is 1.71 bits per heavy atom. The van der Waals surface area contributed by atoms with Crippen LogP contribution in [0.25, 0.3) is 0 Å². The van der Waals surface area contributed by atoms with E-state index in [4.69, 9.17) is 0 Å². The fourth-order valence-corrected chi connectivity index (χ4v) is 2.03. The molecule has 2 amide bonds. The Hall–Kier alpha value is -1.02. The van der Waals surface area contributed by atoms with Crippen molar-refractivity contribution >= 4 is 24.2 Å². The van der Waals surface area contributed by atoms with Crippen molar-refractivity contribution < 1.29 is 22.8 Å². The summed E-state index contributed by atoms with van der Waals surface area (Å²) in [5.41, 5.74) is 0. The summed E-state index contributed by atoms with van der Waals surface area (Å²) in [4.78, 5) is 22.5. The molecule has 9 heteroatoms. The molecule has 0 saturated carbocycles. The molecular weight excluding hydrogens is 311 g/mol. The third kappa shape index (κ3) is 10.4. The minimum absolute atomic E-state index is 0. The first-order valence-electron chi connectivity index (χ1n) is 6.67. The highest BCUT2D eigenvalue weighted by Gasteiger charge is 2.27. The number of amides is 2. The van der Waals surface area contributed by atoms with Crippen molar-refractivity contribution in [1.29, 1.82) is 0 Å². The summed E-state index contributed by atoms with van der Waals surface area (Å²) in [7, 11) is 0. The fraction of sp³-hybridized carbons (Fsp3) is 0.833. The number of nitrogens with one attached hydrogen (secondary N) is 3. The van der Waals surface area contributed by atoms with Gasteiger partial charge in [-0.25, -0.2) is 0 Å². The topological polar surface area (TPSA) is 70.2 Å². The molecule has 0 atom stereocenters. The molecular formula is C12H21ClF3N3O2. The van der Waals surface area contributed by atoms with Crippen LogP contribution in [-0.2, 0) is 9.59 Å². The molecule has 1 saturated heterocycles. The first kappa shape index (κ1) is 20.0. The van der Waals surface area contributed by atoms with E-state index in [2.05, 4.69) is 10.6 Å². The van der Waals surface area contributed by atoms with Gasteiger partial charge >= 0.3 is 6.18 Å². The number of alkyl halides is 3. The summed E-state index contributed by atoms with van der Waals surface area (Å²) in [5, 5.41) is 7.24. The van der Waals surface area contributed by atoms with Crippen molar-refractivity contribution in [3.05, 3.63) is 0 Å². The van der Waals surface area contributed by atoms with Crippen molar-refractivity contribution in [3.8, 4) is 0 Å². The SMILES string of the molecule is Cl.O=C(CCC1CCNCC1)NCC(=O)NCC(F)(F)F. The lowest BCUT2D eigenvalue weighted by Crippen LogP contribution is -2.41. The summed E-state index contributed by atoms with van der Waals surface area (Å²) in [6.45, 7) is 0.107. The van der Waals surface area contributed by atoms with E-state index in [0.717, 1.165) is 32.4 Å². The molecule has 0 aliphatic carbocycles. The fourth-order valence-electron chi connectivity index (χ4n) is 2.03. The highest BCUT2D eigenvalue weighted by Crippen LogP contribution is 2.17. The van der Waals surface area contributed by atoms with Crippen molar-refractivity contribution in [2.45, 2.75) is 31.9 Å². The van der Waals surface area contributed by atoms with E-state index in [1.54, 1.807) is 5.32 Å². The van der Waals surface area contributed by atoms with Gasteiger partial charge in [-0.1, -0.05) is 0 Å². The molecule has 21 heavy (non-hydrogen) atoms. The summed E-state index contributed by atoms with van der Waals surface area (Å²) in [6.07, 6.45) is -1.33. The second-order valence-electron chi connectivity index (χ2n) is 4.90. The number of hydrogen-bond acceptors (Lipinski definition) is 3. The van der Waals surface area contributed by atoms with Gasteiger partial charge in [0.2, 0.25) is 11.8 Å². The zero-order valence-electron chi connectivity index (χ0n) is 11.6. The molecule has 0 aromatic rings. The maximum atomic E-state index is 11.8. The Kier molecular flexibility index (Phi) is 9.36. The third-order valence-corrected chi connectivity index (χ3v) is 3.17. The van der Waals surface area contributed by atoms with Crippen LogP contribution in [0.1, 0.15) is 25.7 Å². The molecule has 0 aromatic heterocycles. The molecule has 0 bridgehead atoms. The van der Waals surface area contributed by atoms with Crippen LogP contribution < -0.4 is 16.0 Å². The monoisotopic (exact) mass is 331 g/mol. The molecule has 1 aliphatic rings. The molecule has 0 unspecified atom stereocenters. The van der Waals surface area contributed by atoms with E-state index in [9.17, 15) is 22.8 Å². The number of rotatable bonds is 6. The average molecular weight is 332 g/mol. The maximum absolute atomic E-state index is 11.8. The van der Waals surface area contributed by atoms with Gasteiger partial charge in [-0.15, -0.1) is 12.4 Å². The van der Waals surface area contributed by atoms with Gasteiger partial charge in [0, 0.05) is 6.42 Å². The Balaban J connectivity index is 0.00000400. The maximum Gasteiger partial charge on any atom is 0.405 e. The number of hydrogen-bond donors (Lipinski definition) is 3. The van der Waals surface area contributed by atoms with Crippen LogP contribution in [-0.4, -0.2) is 44.2 Å². The number of halogens is 4. The third-order valence-electron chi connectivity index (χ3n) is 3.17. The molecule has 0 radical (unpaired) electrons. The Morgan fingerprint density at radius 3 is 2.29 bits per heavy atom. The summed E-state index contributed by atoms with van der Waals surface area (Å²) < 4.78 is 35.5. The van der Waals surface area contributed by atoms with Crippen molar-refractivity contribution in [2.24, 2.45) is 5.92 Å². The molecule has 0 aromatic carbocycles. The van der Waals surface area contributed by atoms with Gasteiger partial charge in [0.05, 0.1) is 6.54 Å². The Bertz CT molecular complexity index is 334. The van der Waals surface area contributed by atoms with Crippen LogP contribution in [0.5, 0.6) is 0 Å². The first-order valence-corrected chi connectivity index (χ1v) is 6.67. The normalized spacial score (nSPS) is 16.0. The van der Waals surface area contributed by atoms with Crippen molar-refractivity contribution in [1.82, 2.24) is 16.0 Å². The standard InChI is InChI=1S/C12H20F3N3O2.ClH/c13-12(14,15)8-18-11(20)7-17-10(19)2-1-9-3-5-16-6-4-9;/h9,16H,1-8H2,(H,17,19)(H,18,20);1H. The van der Waals surface area contributed by atoms with Crippen LogP contribution >= 0.6 is 12.4 Å². The zero-order valence-corrected chi connectivity index (χ0v) is 12.4. The quantitative estimate of drug-likeness (QED) is 0.679. The Morgan fingerprint density at radius 1 is 1.10 bits per heavy atom.